The lowest BCUT2D eigenvalue weighted by atomic mass is 9.81. The van der Waals surface area contributed by atoms with Gasteiger partial charge in [0.15, 0.2) is 5.58 Å². The molecular formula is C23H31N3O7S. The first-order chi connectivity index (χ1) is 16.3. The Balaban J connectivity index is 1.49. The van der Waals surface area contributed by atoms with Crippen molar-refractivity contribution in [2.45, 2.75) is 75.3 Å². The second-order valence-corrected chi connectivity index (χ2v) is 10.9. The van der Waals surface area contributed by atoms with Gasteiger partial charge >= 0.3 is 11.7 Å². The molecule has 0 bridgehead atoms. The molecule has 34 heavy (non-hydrogen) atoms. The van der Waals surface area contributed by atoms with E-state index in [1.54, 1.807) is 6.92 Å². The third-order valence-electron chi connectivity index (χ3n) is 6.66. The van der Waals surface area contributed by atoms with Crippen LogP contribution in [0.25, 0.3) is 11.1 Å². The zero-order valence-electron chi connectivity index (χ0n) is 19.4. The number of aromatic nitrogens is 1. The molecule has 10 nitrogen and oxygen atoms in total. The zero-order chi connectivity index (χ0) is 24.3. The van der Waals surface area contributed by atoms with Gasteiger partial charge in [0.25, 0.3) is 0 Å². The van der Waals surface area contributed by atoms with Gasteiger partial charge < -0.3 is 14.5 Å². The highest BCUT2D eigenvalue weighted by molar-refractivity contribution is 7.89. The Kier molecular flexibility index (Phi) is 7.13. The predicted molar refractivity (Wildman–Crippen MR) is 124 cm³/mol. The summed E-state index contributed by atoms with van der Waals surface area (Å²) in [6.07, 6.45) is 5.33. The number of hydrogen-bond acceptors (Lipinski definition) is 7. The minimum Gasteiger partial charge on any atom is -0.464 e. The Labute approximate surface area is 198 Å². The number of hydrogen-bond donors (Lipinski definition) is 1. The molecule has 186 valence electrons. The molecule has 1 saturated heterocycles. The largest absolute Gasteiger partial charge is 0.464 e. The Morgan fingerprint density at radius 1 is 1.12 bits per heavy atom. The first-order valence-corrected chi connectivity index (χ1v) is 13.3. The number of oxazole rings is 1. The summed E-state index contributed by atoms with van der Waals surface area (Å²) in [6, 6.07) is 4.35. The standard InChI is InChI=1S/C23H31N3O7S/c1-2-32-21(28)23(11-4-3-5-12-23)24-20(27)10-15-26-18-9-8-17(16-19(18)33-22(26)29)34(30,31)25-13-6-7-14-25/h8-9,16H,2-7,10-15H2,1H3,(H,24,27). The van der Waals surface area contributed by atoms with Gasteiger partial charge in [-0.2, -0.15) is 4.31 Å². The maximum Gasteiger partial charge on any atom is 0.419 e. The second-order valence-electron chi connectivity index (χ2n) is 8.92. The van der Waals surface area contributed by atoms with Gasteiger partial charge in [-0.1, -0.05) is 19.3 Å². The van der Waals surface area contributed by atoms with Crippen molar-refractivity contribution in [3.05, 3.63) is 28.7 Å². The van der Waals surface area contributed by atoms with Gasteiger partial charge in [-0.25, -0.2) is 18.0 Å². The Hall–Kier alpha value is -2.66. The molecule has 2 fully saturated rings. The number of sulfonamides is 1. The van der Waals surface area contributed by atoms with Crippen LogP contribution >= 0.6 is 0 Å². The molecule has 2 aliphatic rings. The number of benzene rings is 1. The summed E-state index contributed by atoms with van der Waals surface area (Å²) in [7, 11) is -3.64. The molecule has 2 heterocycles. The van der Waals surface area contributed by atoms with Crippen molar-refractivity contribution in [2.24, 2.45) is 0 Å². The lowest BCUT2D eigenvalue weighted by molar-refractivity contribution is -0.155. The number of amides is 1. The molecule has 0 radical (unpaired) electrons. The summed E-state index contributed by atoms with van der Waals surface area (Å²) in [5, 5.41) is 2.86. The second kappa shape index (κ2) is 9.91. The van der Waals surface area contributed by atoms with Crippen molar-refractivity contribution in [1.82, 2.24) is 14.2 Å². The fraction of sp³-hybridized carbons (Fsp3) is 0.609. The average molecular weight is 494 g/mol. The van der Waals surface area contributed by atoms with Crippen LogP contribution in [-0.2, 0) is 30.9 Å². The molecule has 1 N–H and O–H groups in total. The van der Waals surface area contributed by atoms with E-state index in [9.17, 15) is 22.8 Å². The molecule has 0 unspecified atom stereocenters. The molecule has 0 spiro atoms. The highest BCUT2D eigenvalue weighted by Crippen LogP contribution is 2.30. The van der Waals surface area contributed by atoms with Gasteiger partial charge in [0.2, 0.25) is 15.9 Å². The number of nitrogens with one attached hydrogen (secondary N) is 1. The number of rotatable bonds is 8. The monoisotopic (exact) mass is 493 g/mol. The summed E-state index contributed by atoms with van der Waals surface area (Å²) in [4.78, 5) is 37.8. The summed E-state index contributed by atoms with van der Waals surface area (Å²) < 4.78 is 38.9. The first-order valence-electron chi connectivity index (χ1n) is 11.9. The van der Waals surface area contributed by atoms with E-state index in [-0.39, 0.29) is 36.0 Å². The fourth-order valence-electron chi connectivity index (χ4n) is 4.84. The third kappa shape index (κ3) is 4.76. The van der Waals surface area contributed by atoms with Gasteiger partial charge in [-0.15, -0.1) is 0 Å². The molecule has 1 aliphatic carbocycles. The van der Waals surface area contributed by atoms with Crippen LogP contribution < -0.4 is 11.1 Å². The number of carbonyl (C=O) groups excluding carboxylic acids is 2. The number of nitrogens with zero attached hydrogens (tertiary/aromatic N) is 2. The molecule has 1 amide bonds. The smallest absolute Gasteiger partial charge is 0.419 e. The summed E-state index contributed by atoms with van der Waals surface area (Å²) >= 11 is 0. The van der Waals surface area contributed by atoms with E-state index in [1.165, 1.54) is 27.1 Å². The number of fused-ring (bicyclic) bond motifs is 1. The van der Waals surface area contributed by atoms with Crippen molar-refractivity contribution < 1.29 is 27.2 Å². The van der Waals surface area contributed by atoms with Crippen LogP contribution in [0.2, 0.25) is 0 Å². The summed E-state index contributed by atoms with van der Waals surface area (Å²) in [6.45, 7) is 2.97. The minimum atomic E-state index is -3.64. The van der Waals surface area contributed by atoms with Crippen LogP contribution in [-0.4, -0.2) is 54.4 Å². The number of ether oxygens (including phenoxy) is 1. The van der Waals surface area contributed by atoms with E-state index in [0.717, 1.165) is 32.1 Å². The quantitative estimate of drug-likeness (QED) is 0.558. The molecule has 1 aromatic carbocycles. The van der Waals surface area contributed by atoms with Crippen LogP contribution in [0.5, 0.6) is 0 Å². The van der Waals surface area contributed by atoms with Gasteiger partial charge in [0, 0.05) is 32.1 Å². The Bertz CT molecular complexity index is 1220. The number of carbonyl (C=O) groups is 2. The molecule has 0 atom stereocenters. The van der Waals surface area contributed by atoms with Crippen LogP contribution in [0, 0.1) is 0 Å². The van der Waals surface area contributed by atoms with E-state index in [2.05, 4.69) is 5.32 Å². The van der Waals surface area contributed by atoms with Crippen LogP contribution in [0.3, 0.4) is 0 Å². The SMILES string of the molecule is CCOC(=O)C1(NC(=O)CCn2c(=O)oc3cc(S(=O)(=O)N4CCCC4)ccc32)CCCCC1. The highest BCUT2D eigenvalue weighted by Gasteiger charge is 2.42. The molecule has 1 aliphatic heterocycles. The summed E-state index contributed by atoms with van der Waals surface area (Å²) in [5.74, 6) is -1.44. The first kappa shape index (κ1) is 24.5. The van der Waals surface area contributed by atoms with Crippen molar-refractivity contribution >= 4 is 33.0 Å². The lowest BCUT2D eigenvalue weighted by Gasteiger charge is -2.35. The lowest BCUT2D eigenvalue weighted by Crippen LogP contribution is -2.56. The Morgan fingerprint density at radius 2 is 1.82 bits per heavy atom. The van der Waals surface area contributed by atoms with Gasteiger partial charge in [-0.3, -0.25) is 9.36 Å². The van der Waals surface area contributed by atoms with Crippen molar-refractivity contribution in [3.8, 4) is 0 Å². The maximum atomic E-state index is 12.8. The van der Waals surface area contributed by atoms with E-state index >= 15 is 0 Å². The van der Waals surface area contributed by atoms with Crippen LogP contribution in [0.4, 0.5) is 0 Å². The third-order valence-corrected chi connectivity index (χ3v) is 8.55. The number of aryl methyl sites for hydroxylation is 1. The topological polar surface area (TPSA) is 128 Å². The maximum absolute atomic E-state index is 12.8. The summed E-state index contributed by atoms with van der Waals surface area (Å²) in [5.41, 5.74) is -0.454. The van der Waals surface area contributed by atoms with Crippen molar-refractivity contribution in [3.63, 3.8) is 0 Å². The van der Waals surface area contributed by atoms with E-state index < -0.39 is 27.3 Å². The van der Waals surface area contributed by atoms with E-state index in [1.807, 2.05) is 0 Å². The molecule has 2 aromatic rings. The highest BCUT2D eigenvalue weighted by atomic mass is 32.2. The normalized spacial score (nSPS) is 18.7. The van der Waals surface area contributed by atoms with Crippen LogP contribution in [0.15, 0.2) is 32.3 Å². The van der Waals surface area contributed by atoms with E-state index in [0.29, 0.717) is 31.4 Å². The Morgan fingerprint density at radius 3 is 2.50 bits per heavy atom. The molecule has 4 rings (SSSR count). The molecular weight excluding hydrogens is 462 g/mol. The molecule has 1 aromatic heterocycles. The van der Waals surface area contributed by atoms with Crippen molar-refractivity contribution in [2.75, 3.05) is 19.7 Å². The fourth-order valence-corrected chi connectivity index (χ4v) is 6.38. The molecule has 11 heteroatoms. The number of esters is 1. The zero-order valence-corrected chi connectivity index (χ0v) is 20.2. The van der Waals surface area contributed by atoms with Gasteiger partial charge in [0.1, 0.15) is 5.54 Å². The molecule has 1 saturated carbocycles. The van der Waals surface area contributed by atoms with Crippen LogP contribution in [0.1, 0.15) is 58.3 Å². The van der Waals surface area contributed by atoms with Gasteiger partial charge in [0.05, 0.1) is 17.0 Å². The van der Waals surface area contributed by atoms with Crippen molar-refractivity contribution in [1.29, 1.82) is 0 Å². The predicted octanol–water partition coefficient (Wildman–Crippen LogP) is 2.15. The average Bonchev–Trinajstić information content (AvgIpc) is 3.46. The van der Waals surface area contributed by atoms with Gasteiger partial charge in [-0.05, 0) is 44.7 Å². The van der Waals surface area contributed by atoms with E-state index in [4.69, 9.17) is 9.15 Å². The minimum absolute atomic E-state index is 0.0365.